The van der Waals surface area contributed by atoms with Crippen LogP contribution in [0, 0.1) is 23.7 Å². The summed E-state index contributed by atoms with van der Waals surface area (Å²) >= 11 is 0. The zero-order valence-electron chi connectivity index (χ0n) is 60.9. The first-order valence-electron chi connectivity index (χ1n) is 38.2. The number of carbonyl (C=O) groups excluding carboxylic acids is 4. The summed E-state index contributed by atoms with van der Waals surface area (Å²) in [5.74, 6) is 0.908. The fourth-order valence-corrected chi connectivity index (χ4v) is 12.8. The first-order valence-corrected chi connectivity index (χ1v) is 41.2. The molecule has 0 heterocycles. The summed E-state index contributed by atoms with van der Waals surface area (Å²) < 4.78 is 68.5. The number of phosphoric ester groups is 2. The molecule has 0 spiro atoms. The minimum Gasteiger partial charge on any atom is -0.462 e. The molecule has 0 aliphatic rings. The van der Waals surface area contributed by atoms with Gasteiger partial charge in [0, 0.05) is 25.7 Å². The Labute approximate surface area is 568 Å². The fourth-order valence-electron chi connectivity index (χ4n) is 11.2. The molecule has 3 N–H and O–H groups in total. The minimum atomic E-state index is -4.96. The van der Waals surface area contributed by atoms with E-state index in [1.165, 1.54) is 173 Å². The summed E-state index contributed by atoms with van der Waals surface area (Å²) in [5.41, 5.74) is 0. The number of esters is 4. The van der Waals surface area contributed by atoms with Gasteiger partial charge in [0.2, 0.25) is 0 Å². The monoisotopic (exact) mass is 1370 g/mol. The third kappa shape index (κ3) is 68.4. The Balaban J connectivity index is 5.27. The highest BCUT2D eigenvalue weighted by molar-refractivity contribution is 7.47. The molecule has 0 aromatic carbocycles. The minimum absolute atomic E-state index is 0.105. The van der Waals surface area contributed by atoms with E-state index in [0.717, 1.165) is 114 Å². The van der Waals surface area contributed by atoms with Gasteiger partial charge in [-0.3, -0.25) is 37.3 Å². The maximum atomic E-state index is 13.1. The van der Waals surface area contributed by atoms with Crippen molar-refractivity contribution in [3.8, 4) is 0 Å². The first kappa shape index (κ1) is 91.1. The van der Waals surface area contributed by atoms with Crippen molar-refractivity contribution in [2.45, 2.75) is 388 Å². The summed E-state index contributed by atoms with van der Waals surface area (Å²) in [4.78, 5) is 72.8. The molecule has 0 aromatic rings. The number of hydrogen-bond acceptors (Lipinski definition) is 15. The van der Waals surface area contributed by atoms with Crippen LogP contribution in [0.2, 0.25) is 0 Å². The van der Waals surface area contributed by atoms with E-state index < -0.39 is 97.5 Å². The summed E-state index contributed by atoms with van der Waals surface area (Å²) in [5, 5.41) is 10.6. The van der Waals surface area contributed by atoms with Crippen molar-refractivity contribution in [3.05, 3.63) is 0 Å². The van der Waals surface area contributed by atoms with Gasteiger partial charge in [0.15, 0.2) is 12.2 Å². The van der Waals surface area contributed by atoms with Crippen LogP contribution in [0.3, 0.4) is 0 Å². The third-order valence-corrected chi connectivity index (χ3v) is 19.0. The predicted molar refractivity (Wildman–Crippen MR) is 377 cm³/mol. The second-order valence-electron chi connectivity index (χ2n) is 28.6. The Morgan fingerprint density at radius 3 is 0.667 bits per heavy atom. The highest BCUT2D eigenvalue weighted by Gasteiger charge is 2.30. The van der Waals surface area contributed by atoms with E-state index in [1.807, 2.05) is 0 Å². The Hall–Kier alpha value is -1.94. The van der Waals surface area contributed by atoms with Crippen LogP contribution in [0.25, 0.3) is 0 Å². The van der Waals surface area contributed by atoms with Gasteiger partial charge in [0.1, 0.15) is 19.3 Å². The van der Waals surface area contributed by atoms with Crippen molar-refractivity contribution < 1.29 is 80.2 Å². The van der Waals surface area contributed by atoms with Gasteiger partial charge in [-0.25, -0.2) is 9.13 Å². The number of unbranched alkanes of at least 4 members (excludes halogenated alkanes) is 37. The molecule has 93 heavy (non-hydrogen) atoms. The molecule has 0 fully saturated rings. The van der Waals surface area contributed by atoms with Crippen LogP contribution in [0.1, 0.15) is 370 Å². The van der Waals surface area contributed by atoms with Crippen molar-refractivity contribution in [2.75, 3.05) is 39.6 Å². The number of ether oxygens (including phenoxy) is 4. The van der Waals surface area contributed by atoms with Crippen molar-refractivity contribution in [3.63, 3.8) is 0 Å². The van der Waals surface area contributed by atoms with Gasteiger partial charge in [0.25, 0.3) is 0 Å². The van der Waals surface area contributed by atoms with Gasteiger partial charge in [-0.15, -0.1) is 0 Å². The van der Waals surface area contributed by atoms with Crippen LogP contribution in [0.5, 0.6) is 0 Å². The van der Waals surface area contributed by atoms with Gasteiger partial charge < -0.3 is 33.8 Å². The summed E-state index contributed by atoms with van der Waals surface area (Å²) in [6, 6.07) is 0. The highest BCUT2D eigenvalue weighted by Crippen LogP contribution is 2.45. The molecule has 0 radical (unpaired) electrons. The van der Waals surface area contributed by atoms with Gasteiger partial charge in [0.05, 0.1) is 26.4 Å². The van der Waals surface area contributed by atoms with Crippen LogP contribution < -0.4 is 0 Å². The molecular weight excluding hydrogens is 1220 g/mol. The maximum Gasteiger partial charge on any atom is 0.472 e. The summed E-state index contributed by atoms with van der Waals surface area (Å²) in [6.07, 6.45) is 47.1. The average molecular weight is 1370 g/mol. The van der Waals surface area contributed by atoms with Gasteiger partial charge in [-0.05, 0) is 49.4 Å². The largest absolute Gasteiger partial charge is 0.472 e. The van der Waals surface area contributed by atoms with Gasteiger partial charge >= 0.3 is 39.5 Å². The zero-order valence-corrected chi connectivity index (χ0v) is 62.7. The highest BCUT2D eigenvalue weighted by atomic mass is 31.2. The van der Waals surface area contributed by atoms with Gasteiger partial charge in [-0.2, -0.15) is 0 Å². The van der Waals surface area contributed by atoms with E-state index >= 15 is 0 Å². The van der Waals surface area contributed by atoms with E-state index in [4.69, 9.17) is 37.0 Å². The molecule has 0 rings (SSSR count). The number of aliphatic hydroxyl groups excluding tert-OH is 1. The van der Waals surface area contributed by atoms with Crippen LogP contribution in [-0.4, -0.2) is 96.7 Å². The average Bonchev–Trinajstić information content (AvgIpc) is 2.89. The SMILES string of the molecule is CC(C)CCCCCCCCCCCCCCC(=O)O[C@H](COC(=O)CCCCCCCCCCCCC(C)C)COP(=O)(O)OC[C@@H](O)COP(=O)(O)OC[C@@H](COC(=O)CCCCCCCCCCCC(C)C)OC(=O)CCCCCCCCCCCCC(C)C. The Morgan fingerprint density at radius 2 is 0.452 bits per heavy atom. The molecule has 0 amide bonds. The molecule has 0 saturated heterocycles. The quantitative estimate of drug-likeness (QED) is 0.0222. The Kier molecular flexibility index (Phi) is 62.2. The van der Waals surface area contributed by atoms with Crippen molar-refractivity contribution in [1.29, 1.82) is 0 Å². The Bertz CT molecular complexity index is 1830. The second kappa shape index (κ2) is 63.5. The van der Waals surface area contributed by atoms with E-state index in [0.29, 0.717) is 25.7 Å². The fraction of sp³-hybridized carbons (Fsp3) is 0.946. The molecule has 5 atom stereocenters. The smallest absolute Gasteiger partial charge is 0.462 e. The number of carbonyl (C=O) groups is 4. The lowest BCUT2D eigenvalue weighted by Gasteiger charge is -2.21. The Morgan fingerprint density at radius 1 is 0.269 bits per heavy atom. The van der Waals surface area contributed by atoms with E-state index in [9.17, 15) is 43.2 Å². The molecule has 0 aliphatic heterocycles. The van der Waals surface area contributed by atoms with Gasteiger partial charge in [-0.1, -0.05) is 319 Å². The second-order valence-corrected chi connectivity index (χ2v) is 31.5. The molecule has 17 nitrogen and oxygen atoms in total. The standard InChI is InChI=1S/C74H144O17P2/c1-64(2)50-42-34-26-18-11-9-10-12-23-32-40-48-56-73(78)90-69(60-84-71(76)54-46-38-30-22-15-13-19-27-35-43-51-65(3)4)62-88-92(80,81)86-58-68(75)59-87-93(82,83)89-63-70(61-85-72(77)55-47-39-31-25-17-21-29-37-45-53-67(7)8)91-74(79)57-49-41-33-24-16-14-20-28-36-44-52-66(5)6/h64-70,75H,9-63H2,1-8H3,(H,80,81)(H,82,83)/t68-,69-,70-/m1/s1. The number of phosphoric acid groups is 2. The maximum absolute atomic E-state index is 13.1. The molecule has 0 saturated carbocycles. The molecule has 552 valence electrons. The molecule has 0 aromatic heterocycles. The van der Waals surface area contributed by atoms with Crippen molar-refractivity contribution in [2.24, 2.45) is 23.7 Å². The molecule has 2 unspecified atom stereocenters. The van der Waals surface area contributed by atoms with Crippen LogP contribution >= 0.6 is 15.6 Å². The summed E-state index contributed by atoms with van der Waals surface area (Å²) in [6.45, 7) is 14.2. The summed E-state index contributed by atoms with van der Waals surface area (Å²) in [7, 11) is -9.91. The van der Waals surface area contributed by atoms with E-state index in [1.54, 1.807) is 0 Å². The predicted octanol–water partition coefficient (Wildman–Crippen LogP) is 21.3. The molecule has 0 aliphatic carbocycles. The normalized spacial score (nSPS) is 14.2. The van der Waals surface area contributed by atoms with E-state index in [-0.39, 0.29) is 25.7 Å². The molecule has 0 bridgehead atoms. The van der Waals surface area contributed by atoms with Crippen LogP contribution in [-0.2, 0) is 65.4 Å². The van der Waals surface area contributed by atoms with Crippen molar-refractivity contribution in [1.82, 2.24) is 0 Å². The lowest BCUT2D eigenvalue weighted by Crippen LogP contribution is -2.30. The molecule has 19 heteroatoms. The first-order chi connectivity index (χ1) is 44.6. The number of hydrogen-bond donors (Lipinski definition) is 3. The number of rotatable bonds is 71. The topological polar surface area (TPSA) is 237 Å². The zero-order chi connectivity index (χ0) is 68.9. The van der Waals surface area contributed by atoms with Crippen LogP contribution in [0.15, 0.2) is 0 Å². The lowest BCUT2D eigenvalue weighted by atomic mass is 10.0. The van der Waals surface area contributed by atoms with Crippen LogP contribution in [0.4, 0.5) is 0 Å². The molecular formula is C74H144O17P2. The number of aliphatic hydroxyl groups is 1. The lowest BCUT2D eigenvalue weighted by molar-refractivity contribution is -0.161. The van der Waals surface area contributed by atoms with E-state index in [2.05, 4.69) is 55.4 Å². The van der Waals surface area contributed by atoms with Crippen molar-refractivity contribution >= 4 is 39.5 Å². The third-order valence-electron chi connectivity index (χ3n) is 17.1.